The topological polar surface area (TPSA) is 54.7 Å². The molecule has 0 spiro atoms. The number of aryl methyl sites for hydroxylation is 1. The van der Waals surface area contributed by atoms with E-state index in [0.29, 0.717) is 0 Å². The summed E-state index contributed by atoms with van der Waals surface area (Å²) in [5, 5.41) is 0. The minimum atomic E-state index is 0.784. The normalized spacial score (nSPS) is 10.9. The summed E-state index contributed by atoms with van der Waals surface area (Å²) in [6.45, 7) is 0.784. The van der Waals surface area contributed by atoms with Gasteiger partial charge in [-0.15, -0.1) is 0 Å². The van der Waals surface area contributed by atoms with Crippen LogP contribution in [0.25, 0.3) is 11.0 Å². The number of imidazole rings is 1. The molecule has 0 unspecified atom stereocenters. The first kappa shape index (κ1) is 9.21. The Hall–Kier alpha value is -1.35. The zero-order chi connectivity index (χ0) is 9.80. The van der Waals surface area contributed by atoms with E-state index in [4.69, 9.17) is 5.73 Å². The van der Waals surface area contributed by atoms with Crippen molar-refractivity contribution < 1.29 is 0 Å². The predicted octanol–water partition coefficient (Wildman–Crippen LogP) is 1.84. The molecule has 3 N–H and O–H groups in total. The third-order valence-corrected chi connectivity index (χ3v) is 2.40. The number of fused-ring (bicyclic) bond motifs is 1. The zero-order valence-corrected chi connectivity index (χ0v) is 8.16. The molecule has 3 nitrogen and oxygen atoms in total. The van der Waals surface area contributed by atoms with E-state index in [1.165, 1.54) is 5.56 Å². The van der Waals surface area contributed by atoms with Gasteiger partial charge in [-0.05, 0) is 43.5 Å². The van der Waals surface area contributed by atoms with Crippen LogP contribution in [0.1, 0.15) is 18.4 Å². The van der Waals surface area contributed by atoms with Crippen LogP contribution in [0.2, 0.25) is 0 Å². The zero-order valence-electron chi connectivity index (χ0n) is 8.16. The lowest BCUT2D eigenvalue weighted by molar-refractivity contribution is 0.745. The van der Waals surface area contributed by atoms with Gasteiger partial charge in [-0.25, -0.2) is 4.98 Å². The molecule has 3 heteroatoms. The predicted molar refractivity (Wildman–Crippen MR) is 58.1 cm³/mol. The van der Waals surface area contributed by atoms with Gasteiger partial charge in [0.05, 0.1) is 17.4 Å². The van der Waals surface area contributed by atoms with Gasteiger partial charge in [0, 0.05) is 0 Å². The van der Waals surface area contributed by atoms with Crippen LogP contribution >= 0.6 is 0 Å². The molecule has 0 aliphatic heterocycles. The van der Waals surface area contributed by atoms with Gasteiger partial charge in [-0.1, -0.05) is 6.07 Å². The van der Waals surface area contributed by atoms with Gasteiger partial charge in [0.1, 0.15) is 0 Å². The summed E-state index contributed by atoms with van der Waals surface area (Å²) in [7, 11) is 0. The Balaban J connectivity index is 2.10. The SMILES string of the molecule is NCCCCc1ccc2nc[nH]c2c1. The minimum absolute atomic E-state index is 0.784. The molecule has 0 aliphatic carbocycles. The quantitative estimate of drug-likeness (QED) is 0.721. The average molecular weight is 189 g/mol. The van der Waals surface area contributed by atoms with Crippen LogP contribution in [0, 0.1) is 0 Å². The number of aromatic nitrogens is 2. The van der Waals surface area contributed by atoms with Gasteiger partial charge >= 0.3 is 0 Å². The maximum absolute atomic E-state index is 5.45. The molecule has 0 aliphatic rings. The largest absolute Gasteiger partial charge is 0.345 e. The number of rotatable bonds is 4. The number of nitrogens with one attached hydrogen (secondary N) is 1. The highest BCUT2D eigenvalue weighted by atomic mass is 14.9. The summed E-state index contributed by atoms with van der Waals surface area (Å²) < 4.78 is 0. The Morgan fingerprint density at radius 3 is 3.07 bits per heavy atom. The molecule has 0 fully saturated rings. The number of benzene rings is 1. The van der Waals surface area contributed by atoms with Crippen molar-refractivity contribution in [2.75, 3.05) is 6.54 Å². The molecule has 0 amide bonds. The number of unbranched alkanes of at least 4 members (excludes halogenated alkanes) is 1. The van der Waals surface area contributed by atoms with Crippen molar-refractivity contribution in [3.8, 4) is 0 Å². The van der Waals surface area contributed by atoms with Gasteiger partial charge in [0.15, 0.2) is 0 Å². The van der Waals surface area contributed by atoms with Crippen LogP contribution in [0.3, 0.4) is 0 Å². The minimum Gasteiger partial charge on any atom is -0.345 e. The molecule has 0 atom stereocenters. The van der Waals surface area contributed by atoms with E-state index in [-0.39, 0.29) is 0 Å². The summed E-state index contributed by atoms with van der Waals surface area (Å²) >= 11 is 0. The van der Waals surface area contributed by atoms with Crippen molar-refractivity contribution in [2.24, 2.45) is 5.73 Å². The Labute approximate surface area is 83.3 Å². The highest BCUT2D eigenvalue weighted by Crippen LogP contribution is 2.13. The van der Waals surface area contributed by atoms with Gasteiger partial charge < -0.3 is 10.7 Å². The highest BCUT2D eigenvalue weighted by Gasteiger charge is 1.97. The number of nitrogens with zero attached hydrogens (tertiary/aromatic N) is 1. The van der Waals surface area contributed by atoms with E-state index in [9.17, 15) is 0 Å². The molecule has 0 saturated heterocycles. The molecule has 2 aromatic rings. The van der Waals surface area contributed by atoms with E-state index in [1.54, 1.807) is 6.33 Å². The first-order valence-electron chi connectivity index (χ1n) is 5.02. The van der Waals surface area contributed by atoms with E-state index in [2.05, 4.69) is 28.2 Å². The van der Waals surface area contributed by atoms with E-state index in [1.807, 2.05) is 0 Å². The Kier molecular flexibility index (Phi) is 2.79. The first-order valence-corrected chi connectivity index (χ1v) is 5.02. The monoisotopic (exact) mass is 189 g/mol. The number of aromatic amines is 1. The van der Waals surface area contributed by atoms with Gasteiger partial charge in [-0.2, -0.15) is 0 Å². The summed E-state index contributed by atoms with van der Waals surface area (Å²) in [5.74, 6) is 0. The maximum Gasteiger partial charge on any atom is 0.0931 e. The summed E-state index contributed by atoms with van der Waals surface area (Å²) in [5.41, 5.74) is 8.96. The molecular weight excluding hydrogens is 174 g/mol. The van der Waals surface area contributed by atoms with Gasteiger partial charge in [-0.3, -0.25) is 0 Å². The average Bonchev–Trinajstić information content (AvgIpc) is 2.65. The highest BCUT2D eigenvalue weighted by molar-refractivity contribution is 5.74. The molecule has 1 aromatic heterocycles. The molecule has 0 radical (unpaired) electrons. The van der Waals surface area contributed by atoms with Crippen molar-refractivity contribution in [1.29, 1.82) is 0 Å². The van der Waals surface area contributed by atoms with Crippen LogP contribution in [-0.4, -0.2) is 16.5 Å². The molecule has 0 saturated carbocycles. The lowest BCUT2D eigenvalue weighted by atomic mass is 10.1. The molecule has 1 heterocycles. The third-order valence-electron chi connectivity index (χ3n) is 2.40. The van der Waals surface area contributed by atoms with Crippen LogP contribution in [0.5, 0.6) is 0 Å². The Morgan fingerprint density at radius 1 is 1.29 bits per heavy atom. The van der Waals surface area contributed by atoms with Gasteiger partial charge in [0.2, 0.25) is 0 Å². The van der Waals surface area contributed by atoms with E-state index >= 15 is 0 Å². The van der Waals surface area contributed by atoms with Crippen molar-refractivity contribution in [3.05, 3.63) is 30.1 Å². The second kappa shape index (κ2) is 4.24. The summed E-state index contributed by atoms with van der Waals surface area (Å²) in [6, 6.07) is 6.36. The van der Waals surface area contributed by atoms with E-state index in [0.717, 1.165) is 36.8 Å². The standard InChI is InChI=1S/C11H15N3/c12-6-2-1-3-9-4-5-10-11(7-9)14-8-13-10/h4-5,7-8H,1-3,6,12H2,(H,13,14). The van der Waals surface area contributed by atoms with Crippen molar-refractivity contribution in [1.82, 2.24) is 9.97 Å². The van der Waals surface area contributed by atoms with Gasteiger partial charge in [0.25, 0.3) is 0 Å². The molecule has 0 bridgehead atoms. The van der Waals surface area contributed by atoms with Crippen LogP contribution in [0.15, 0.2) is 24.5 Å². The number of hydrogen-bond donors (Lipinski definition) is 2. The lowest BCUT2D eigenvalue weighted by Gasteiger charge is -1.99. The van der Waals surface area contributed by atoms with Crippen molar-refractivity contribution in [2.45, 2.75) is 19.3 Å². The summed E-state index contributed by atoms with van der Waals surface area (Å²) in [6.07, 6.45) is 5.09. The smallest absolute Gasteiger partial charge is 0.0931 e. The third kappa shape index (κ3) is 1.93. The fraction of sp³-hybridized carbons (Fsp3) is 0.364. The Bertz CT molecular complexity index is 406. The van der Waals surface area contributed by atoms with Crippen LogP contribution in [-0.2, 0) is 6.42 Å². The Morgan fingerprint density at radius 2 is 2.21 bits per heavy atom. The molecular formula is C11H15N3. The molecule has 2 rings (SSSR count). The molecule has 1 aromatic carbocycles. The number of H-pyrrole nitrogens is 1. The maximum atomic E-state index is 5.45. The molecule has 14 heavy (non-hydrogen) atoms. The fourth-order valence-corrected chi connectivity index (χ4v) is 1.61. The van der Waals surface area contributed by atoms with Crippen LogP contribution in [0.4, 0.5) is 0 Å². The number of hydrogen-bond acceptors (Lipinski definition) is 2. The van der Waals surface area contributed by atoms with Crippen molar-refractivity contribution in [3.63, 3.8) is 0 Å². The summed E-state index contributed by atoms with van der Waals surface area (Å²) in [4.78, 5) is 7.30. The fourth-order valence-electron chi connectivity index (χ4n) is 1.61. The van der Waals surface area contributed by atoms with Crippen LogP contribution < -0.4 is 5.73 Å². The second-order valence-electron chi connectivity index (χ2n) is 3.50. The first-order chi connectivity index (χ1) is 6.90. The number of nitrogens with two attached hydrogens (primary N) is 1. The van der Waals surface area contributed by atoms with E-state index < -0.39 is 0 Å². The second-order valence-corrected chi connectivity index (χ2v) is 3.50. The lowest BCUT2D eigenvalue weighted by Crippen LogP contribution is -1.98. The van der Waals surface area contributed by atoms with Crippen molar-refractivity contribution >= 4 is 11.0 Å². The molecule has 74 valence electrons.